The molecule has 0 aliphatic heterocycles. The Kier molecular flexibility index (Phi) is 14.2. The smallest absolute Gasteiger partial charge is 0.274 e. The number of anilines is 1. The highest BCUT2D eigenvalue weighted by atomic mass is 32.1. The van der Waals surface area contributed by atoms with Gasteiger partial charge in [-0.25, -0.2) is 5.43 Å². The zero-order chi connectivity index (χ0) is 32.1. The number of hydrazone groups is 1. The Balaban J connectivity index is 1.69. The van der Waals surface area contributed by atoms with Crippen LogP contribution in [0.1, 0.15) is 76.2 Å². The van der Waals surface area contributed by atoms with Gasteiger partial charge in [0.05, 0.1) is 11.8 Å². The minimum atomic E-state index is -0.357. The average Bonchev–Trinajstić information content (AvgIpc) is 3.39. The maximum Gasteiger partial charge on any atom is 0.274 e. The van der Waals surface area contributed by atoms with E-state index >= 15 is 0 Å². The number of amides is 2. The van der Waals surface area contributed by atoms with Crippen LogP contribution >= 0.6 is 11.3 Å². The highest BCUT2D eigenvalue weighted by Crippen LogP contribution is 2.28. The summed E-state index contributed by atoms with van der Waals surface area (Å²) in [5.41, 5.74) is 8.77. The van der Waals surface area contributed by atoms with E-state index in [0.717, 1.165) is 81.2 Å². The molecule has 0 saturated heterocycles. The van der Waals surface area contributed by atoms with Crippen molar-refractivity contribution in [2.45, 2.75) is 55.0 Å². The van der Waals surface area contributed by atoms with Gasteiger partial charge in [0.1, 0.15) is 5.00 Å². The van der Waals surface area contributed by atoms with Crippen molar-refractivity contribution in [3.8, 4) is 0 Å². The number of aryl methyl sites for hydroxylation is 3. The van der Waals surface area contributed by atoms with Crippen LogP contribution in [0.5, 0.6) is 0 Å². The fraction of sp³-hybridized carbons (Fsp3) is 0.457. The largest absolute Gasteiger partial charge is 0.313 e. The van der Waals surface area contributed by atoms with Crippen LogP contribution in [-0.2, 0) is 6.54 Å². The number of rotatable bonds is 17. The minimum Gasteiger partial charge on any atom is -0.313 e. The molecule has 9 heteroatoms. The third-order valence-corrected chi connectivity index (χ3v) is 9.20. The van der Waals surface area contributed by atoms with E-state index in [-0.39, 0.29) is 11.8 Å². The lowest BCUT2D eigenvalue weighted by Crippen LogP contribution is -2.39. The molecular formula is C35H50N6O2S. The third-order valence-electron chi connectivity index (χ3n) is 8.19. The van der Waals surface area contributed by atoms with Gasteiger partial charge in [0.15, 0.2) is 0 Å². The fourth-order valence-corrected chi connectivity index (χ4v) is 5.98. The molecule has 1 aromatic heterocycles. The molecule has 44 heavy (non-hydrogen) atoms. The van der Waals surface area contributed by atoms with Crippen LogP contribution in [0.4, 0.5) is 5.00 Å². The fourth-order valence-electron chi connectivity index (χ4n) is 5.04. The normalized spacial score (nSPS) is 11.7. The standard InChI is InChI=1S/C35H50N6O2S/c1-8-39(9-2)17-19-41(20-18-40(10-3)11-4)24-30-13-12-14-31(22-30)33(42)37-35-32(28(7)25-44-35)34(43)38-36-23-29-16-15-26(5)27(6)21-29/h12-16,21-23,25H,8-11,17-20,24H2,1-7H3,(H,37,42)(H,38,43). The van der Waals surface area contributed by atoms with Crippen molar-refractivity contribution in [2.24, 2.45) is 5.10 Å². The molecule has 0 fully saturated rings. The molecule has 3 aromatic rings. The molecule has 2 aromatic carbocycles. The number of carbonyl (C=O) groups excluding carboxylic acids is 2. The van der Waals surface area contributed by atoms with Crippen molar-refractivity contribution >= 4 is 34.4 Å². The zero-order valence-electron chi connectivity index (χ0n) is 27.6. The summed E-state index contributed by atoms with van der Waals surface area (Å²) in [5.74, 6) is -0.593. The highest BCUT2D eigenvalue weighted by Gasteiger charge is 2.19. The average molecular weight is 619 g/mol. The molecule has 0 aliphatic rings. The highest BCUT2D eigenvalue weighted by molar-refractivity contribution is 7.15. The summed E-state index contributed by atoms with van der Waals surface area (Å²) >= 11 is 1.34. The number of hydrogen-bond donors (Lipinski definition) is 2. The quantitative estimate of drug-likeness (QED) is 0.140. The van der Waals surface area contributed by atoms with E-state index in [9.17, 15) is 9.59 Å². The molecule has 0 radical (unpaired) electrons. The summed E-state index contributed by atoms with van der Waals surface area (Å²) in [6.07, 6.45) is 1.63. The molecule has 0 unspecified atom stereocenters. The van der Waals surface area contributed by atoms with Crippen LogP contribution in [0.25, 0.3) is 0 Å². The van der Waals surface area contributed by atoms with Gasteiger partial charge in [-0.3, -0.25) is 14.5 Å². The number of nitrogens with zero attached hydrogens (tertiary/aromatic N) is 4. The van der Waals surface area contributed by atoms with Crippen LogP contribution in [0, 0.1) is 20.8 Å². The number of nitrogens with one attached hydrogen (secondary N) is 2. The van der Waals surface area contributed by atoms with E-state index in [4.69, 9.17) is 0 Å². The molecule has 3 rings (SSSR count). The number of hydrogen-bond acceptors (Lipinski definition) is 7. The molecule has 238 valence electrons. The van der Waals surface area contributed by atoms with E-state index in [1.165, 1.54) is 16.9 Å². The first kappa shape index (κ1) is 35.1. The Hall–Kier alpha value is -3.37. The van der Waals surface area contributed by atoms with Gasteiger partial charge in [0.25, 0.3) is 11.8 Å². The van der Waals surface area contributed by atoms with E-state index in [2.05, 4.69) is 71.2 Å². The second-order valence-corrected chi connectivity index (χ2v) is 12.0. The van der Waals surface area contributed by atoms with Crippen molar-refractivity contribution in [3.63, 3.8) is 0 Å². The topological polar surface area (TPSA) is 80.3 Å². The molecule has 0 atom stereocenters. The van der Waals surface area contributed by atoms with Gasteiger partial charge in [-0.15, -0.1) is 11.3 Å². The summed E-state index contributed by atoms with van der Waals surface area (Å²) in [4.78, 5) is 33.8. The lowest BCUT2D eigenvalue weighted by molar-refractivity contribution is 0.0956. The van der Waals surface area contributed by atoms with Crippen molar-refractivity contribution in [1.82, 2.24) is 20.1 Å². The Morgan fingerprint density at radius 2 is 1.41 bits per heavy atom. The molecule has 0 saturated carbocycles. The summed E-state index contributed by atoms with van der Waals surface area (Å²) in [6, 6.07) is 13.8. The summed E-state index contributed by atoms with van der Waals surface area (Å²) < 4.78 is 0. The van der Waals surface area contributed by atoms with Crippen molar-refractivity contribution < 1.29 is 9.59 Å². The number of thiophene rings is 1. The molecule has 1 heterocycles. The van der Waals surface area contributed by atoms with Gasteiger partial charge < -0.3 is 15.1 Å². The number of benzene rings is 2. The Morgan fingerprint density at radius 1 is 0.773 bits per heavy atom. The Morgan fingerprint density at radius 3 is 2.02 bits per heavy atom. The third kappa shape index (κ3) is 10.4. The SMILES string of the molecule is CCN(CC)CCN(CCN(CC)CC)Cc1cccc(C(=O)Nc2scc(C)c2C(=O)NN=Cc2ccc(C)c(C)c2)c1. The van der Waals surface area contributed by atoms with E-state index in [1.54, 1.807) is 6.21 Å². The summed E-state index contributed by atoms with van der Waals surface area (Å²) in [7, 11) is 0. The predicted molar refractivity (Wildman–Crippen MR) is 185 cm³/mol. The van der Waals surface area contributed by atoms with Crippen LogP contribution in [0.2, 0.25) is 0 Å². The maximum atomic E-state index is 13.4. The van der Waals surface area contributed by atoms with E-state index < -0.39 is 0 Å². The first-order valence-corrected chi connectivity index (χ1v) is 16.6. The van der Waals surface area contributed by atoms with Gasteiger partial charge in [0, 0.05) is 38.3 Å². The zero-order valence-corrected chi connectivity index (χ0v) is 28.4. The van der Waals surface area contributed by atoms with Crippen molar-refractivity contribution in [1.29, 1.82) is 0 Å². The lowest BCUT2D eigenvalue weighted by atomic mass is 10.1. The maximum absolute atomic E-state index is 13.4. The van der Waals surface area contributed by atoms with Gasteiger partial charge in [-0.2, -0.15) is 5.10 Å². The van der Waals surface area contributed by atoms with Gasteiger partial charge >= 0.3 is 0 Å². The van der Waals surface area contributed by atoms with E-state index in [1.807, 2.05) is 55.6 Å². The van der Waals surface area contributed by atoms with Crippen LogP contribution < -0.4 is 10.7 Å². The summed E-state index contributed by atoms with van der Waals surface area (Å²) in [5, 5.41) is 9.52. The first-order valence-electron chi connectivity index (χ1n) is 15.7. The van der Waals surface area contributed by atoms with Crippen molar-refractivity contribution in [2.75, 3.05) is 57.7 Å². The van der Waals surface area contributed by atoms with Gasteiger partial charge in [-0.05, 0) is 92.3 Å². The van der Waals surface area contributed by atoms with Crippen LogP contribution in [0.3, 0.4) is 0 Å². The predicted octanol–water partition coefficient (Wildman–Crippen LogP) is 6.18. The number of likely N-dealkylation sites (N-methyl/N-ethyl adjacent to an activating group) is 2. The van der Waals surface area contributed by atoms with Crippen LogP contribution in [0.15, 0.2) is 52.9 Å². The first-order chi connectivity index (χ1) is 21.2. The Labute approximate surface area is 268 Å². The summed E-state index contributed by atoms with van der Waals surface area (Å²) in [6.45, 7) is 23.7. The second-order valence-electron chi connectivity index (χ2n) is 11.2. The van der Waals surface area contributed by atoms with Gasteiger partial charge in [0.2, 0.25) is 0 Å². The Bertz CT molecular complexity index is 1380. The molecule has 2 amide bonds. The molecule has 0 spiro atoms. The van der Waals surface area contributed by atoms with E-state index in [0.29, 0.717) is 16.1 Å². The lowest BCUT2D eigenvalue weighted by Gasteiger charge is -2.29. The molecule has 8 nitrogen and oxygen atoms in total. The molecule has 2 N–H and O–H groups in total. The molecule has 0 aliphatic carbocycles. The van der Waals surface area contributed by atoms with Crippen LogP contribution in [-0.4, -0.2) is 85.1 Å². The van der Waals surface area contributed by atoms with Gasteiger partial charge in [-0.1, -0.05) is 58.0 Å². The number of carbonyl (C=O) groups is 2. The molecule has 0 bridgehead atoms. The monoisotopic (exact) mass is 618 g/mol. The van der Waals surface area contributed by atoms with Crippen molar-refractivity contribution in [3.05, 3.63) is 86.8 Å². The molecular weight excluding hydrogens is 568 g/mol. The minimum absolute atomic E-state index is 0.237. The second kappa shape index (κ2) is 17.8.